The average Bonchev–Trinajstić information content (AvgIpc) is 2.20. The smallest absolute Gasteiger partial charge is 0.165 e. The van der Waals surface area contributed by atoms with Crippen molar-refractivity contribution in [3.63, 3.8) is 0 Å². The number of benzene rings is 1. The number of ketones is 1. The Bertz CT molecular complexity index is 424. The fourth-order valence-electron chi connectivity index (χ4n) is 1.33. The van der Waals surface area contributed by atoms with E-state index in [4.69, 9.17) is 28.9 Å². The van der Waals surface area contributed by atoms with E-state index in [0.29, 0.717) is 15.6 Å². The lowest BCUT2D eigenvalue weighted by molar-refractivity contribution is 0.0953. The van der Waals surface area contributed by atoms with Crippen molar-refractivity contribution in [2.45, 2.75) is 33.2 Å². The Labute approximate surface area is 112 Å². The molecule has 0 bridgehead atoms. The second kappa shape index (κ2) is 5.38. The largest absolute Gasteiger partial charge is 0.327 e. The van der Waals surface area contributed by atoms with Gasteiger partial charge in [0.15, 0.2) is 5.78 Å². The first-order chi connectivity index (χ1) is 7.71. The minimum atomic E-state index is -0.204. The number of carbonyl (C=O) groups excluding carboxylic acids is 1. The maximum absolute atomic E-state index is 12.1. The SMILES string of the molecule is CC(C)(C)C(N)CC(=O)c1cc(Cl)ccc1Cl. The molecule has 0 aliphatic heterocycles. The molecule has 1 aromatic carbocycles. The minimum Gasteiger partial charge on any atom is -0.327 e. The quantitative estimate of drug-likeness (QED) is 0.848. The minimum absolute atomic E-state index is 0.0695. The number of Topliss-reactive ketones (excluding diaryl/α,β-unsaturated/α-hetero) is 1. The van der Waals surface area contributed by atoms with Gasteiger partial charge in [0.05, 0.1) is 5.02 Å². The molecule has 0 aliphatic carbocycles. The van der Waals surface area contributed by atoms with E-state index in [2.05, 4.69) is 0 Å². The van der Waals surface area contributed by atoms with Crippen LogP contribution in [0, 0.1) is 5.41 Å². The topological polar surface area (TPSA) is 43.1 Å². The van der Waals surface area contributed by atoms with E-state index in [-0.39, 0.29) is 23.7 Å². The Morgan fingerprint density at radius 3 is 2.47 bits per heavy atom. The van der Waals surface area contributed by atoms with Crippen molar-refractivity contribution in [1.29, 1.82) is 0 Å². The number of hydrogen-bond acceptors (Lipinski definition) is 2. The maximum atomic E-state index is 12.1. The highest BCUT2D eigenvalue weighted by atomic mass is 35.5. The highest BCUT2D eigenvalue weighted by molar-refractivity contribution is 6.35. The molecular weight excluding hydrogens is 257 g/mol. The second-order valence-corrected chi connectivity index (χ2v) is 6.07. The van der Waals surface area contributed by atoms with Crippen molar-refractivity contribution in [2.75, 3.05) is 0 Å². The highest BCUT2D eigenvalue weighted by Crippen LogP contribution is 2.25. The number of nitrogens with two attached hydrogens (primary N) is 1. The van der Waals surface area contributed by atoms with E-state index in [1.807, 2.05) is 20.8 Å². The molecule has 0 saturated carbocycles. The van der Waals surface area contributed by atoms with Crippen LogP contribution in [0.3, 0.4) is 0 Å². The summed E-state index contributed by atoms with van der Waals surface area (Å²) in [5, 5.41) is 0.919. The summed E-state index contributed by atoms with van der Waals surface area (Å²) in [6, 6.07) is 4.66. The van der Waals surface area contributed by atoms with Crippen LogP contribution in [0.1, 0.15) is 37.6 Å². The predicted octanol–water partition coefficient (Wildman–Crippen LogP) is 3.94. The zero-order valence-electron chi connectivity index (χ0n) is 10.3. The van der Waals surface area contributed by atoms with Gasteiger partial charge in [0.1, 0.15) is 0 Å². The van der Waals surface area contributed by atoms with Crippen LogP contribution in [0.4, 0.5) is 0 Å². The fourth-order valence-corrected chi connectivity index (χ4v) is 1.72. The van der Waals surface area contributed by atoms with Crippen molar-refractivity contribution in [3.05, 3.63) is 33.8 Å². The molecule has 0 saturated heterocycles. The molecule has 1 rings (SSSR count). The molecule has 0 aliphatic rings. The third kappa shape index (κ3) is 3.98. The molecule has 4 heteroatoms. The van der Waals surface area contributed by atoms with E-state index >= 15 is 0 Å². The lowest BCUT2D eigenvalue weighted by atomic mass is 9.83. The Hall–Kier alpha value is -0.570. The molecule has 2 N–H and O–H groups in total. The molecule has 2 nitrogen and oxygen atoms in total. The average molecular weight is 274 g/mol. The van der Waals surface area contributed by atoms with Crippen LogP contribution in [0.5, 0.6) is 0 Å². The first kappa shape index (κ1) is 14.5. The maximum Gasteiger partial charge on any atom is 0.165 e. The summed E-state index contributed by atoms with van der Waals surface area (Å²) in [4.78, 5) is 12.1. The number of rotatable bonds is 3. The van der Waals surface area contributed by atoms with Gasteiger partial charge in [0, 0.05) is 23.0 Å². The summed E-state index contributed by atoms with van der Waals surface area (Å²) in [6.07, 6.45) is 0.267. The second-order valence-electron chi connectivity index (χ2n) is 5.22. The Morgan fingerprint density at radius 1 is 1.35 bits per heavy atom. The van der Waals surface area contributed by atoms with Crippen LogP contribution in [0.25, 0.3) is 0 Å². The Balaban J connectivity index is 2.87. The van der Waals surface area contributed by atoms with Crippen LogP contribution < -0.4 is 5.73 Å². The molecular formula is C13H17Cl2NO. The van der Waals surface area contributed by atoms with Gasteiger partial charge >= 0.3 is 0 Å². The lowest BCUT2D eigenvalue weighted by Crippen LogP contribution is -2.37. The number of carbonyl (C=O) groups is 1. The van der Waals surface area contributed by atoms with Crippen molar-refractivity contribution >= 4 is 29.0 Å². The molecule has 0 radical (unpaired) electrons. The van der Waals surface area contributed by atoms with Crippen molar-refractivity contribution in [2.24, 2.45) is 11.1 Å². The normalized spacial score (nSPS) is 13.5. The van der Waals surface area contributed by atoms with Crippen LogP contribution in [-0.4, -0.2) is 11.8 Å². The Morgan fingerprint density at radius 2 is 1.94 bits per heavy atom. The summed E-state index contributed by atoms with van der Waals surface area (Å²) in [7, 11) is 0. The van der Waals surface area contributed by atoms with Gasteiger partial charge in [-0.25, -0.2) is 0 Å². The monoisotopic (exact) mass is 273 g/mol. The molecule has 17 heavy (non-hydrogen) atoms. The molecule has 1 aromatic rings. The molecule has 0 aromatic heterocycles. The number of hydrogen-bond donors (Lipinski definition) is 1. The summed E-state index contributed by atoms with van der Waals surface area (Å²) >= 11 is 11.8. The lowest BCUT2D eigenvalue weighted by Gasteiger charge is -2.26. The van der Waals surface area contributed by atoms with E-state index in [9.17, 15) is 4.79 Å². The van der Waals surface area contributed by atoms with Crippen LogP contribution in [-0.2, 0) is 0 Å². The summed E-state index contributed by atoms with van der Waals surface area (Å²) in [5.41, 5.74) is 6.31. The van der Waals surface area contributed by atoms with Gasteiger partial charge < -0.3 is 5.73 Å². The molecule has 0 spiro atoms. The molecule has 0 heterocycles. The fraction of sp³-hybridized carbons (Fsp3) is 0.462. The predicted molar refractivity (Wildman–Crippen MR) is 72.8 cm³/mol. The van der Waals surface area contributed by atoms with Gasteiger partial charge in [-0.3, -0.25) is 4.79 Å². The van der Waals surface area contributed by atoms with Crippen molar-refractivity contribution in [3.8, 4) is 0 Å². The zero-order chi connectivity index (χ0) is 13.2. The van der Waals surface area contributed by atoms with Crippen LogP contribution in [0.15, 0.2) is 18.2 Å². The van der Waals surface area contributed by atoms with Crippen LogP contribution in [0.2, 0.25) is 10.0 Å². The summed E-state index contributed by atoms with van der Waals surface area (Å²) < 4.78 is 0. The molecule has 94 valence electrons. The zero-order valence-corrected chi connectivity index (χ0v) is 11.8. The molecule has 0 fully saturated rings. The third-order valence-corrected chi connectivity index (χ3v) is 3.31. The van der Waals surface area contributed by atoms with Gasteiger partial charge in [-0.1, -0.05) is 44.0 Å². The van der Waals surface area contributed by atoms with Crippen LogP contribution >= 0.6 is 23.2 Å². The van der Waals surface area contributed by atoms with Gasteiger partial charge in [0.25, 0.3) is 0 Å². The first-order valence-electron chi connectivity index (χ1n) is 5.45. The van der Waals surface area contributed by atoms with E-state index < -0.39 is 0 Å². The van der Waals surface area contributed by atoms with Crippen molar-refractivity contribution < 1.29 is 4.79 Å². The van der Waals surface area contributed by atoms with Gasteiger partial charge in [-0.05, 0) is 23.6 Å². The molecule has 1 unspecified atom stereocenters. The first-order valence-corrected chi connectivity index (χ1v) is 6.21. The van der Waals surface area contributed by atoms with E-state index in [1.165, 1.54) is 0 Å². The Kier molecular flexibility index (Phi) is 4.59. The van der Waals surface area contributed by atoms with Crippen molar-refractivity contribution in [1.82, 2.24) is 0 Å². The summed E-state index contributed by atoms with van der Waals surface area (Å²) in [6.45, 7) is 6.01. The van der Waals surface area contributed by atoms with E-state index in [1.54, 1.807) is 18.2 Å². The third-order valence-electron chi connectivity index (χ3n) is 2.75. The van der Waals surface area contributed by atoms with Gasteiger partial charge in [0.2, 0.25) is 0 Å². The van der Waals surface area contributed by atoms with Gasteiger partial charge in [-0.2, -0.15) is 0 Å². The molecule has 0 amide bonds. The summed E-state index contributed by atoms with van der Waals surface area (Å²) in [5.74, 6) is -0.0695. The van der Waals surface area contributed by atoms with Gasteiger partial charge in [-0.15, -0.1) is 0 Å². The molecule has 1 atom stereocenters. The standard InChI is InChI=1S/C13H17Cl2NO/c1-13(2,3)12(16)7-11(17)9-6-8(14)4-5-10(9)15/h4-6,12H,7,16H2,1-3H3. The van der Waals surface area contributed by atoms with E-state index in [0.717, 1.165) is 0 Å². The highest BCUT2D eigenvalue weighted by Gasteiger charge is 2.24. The number of halogens is 2.